The molecule has 0 aliphatic rings. The van der Waals surface area contributed by atoms with E-state index in [0.29, 0.717) is 24.7 Å². The summed E-state index contributed by atoms with van der Waals surface area (Å²) in [6.07, 6.45) is -1.21. The summed E-state index contributed by atoms with van der Waals surface area (Å²) in [6.45, 7) is 17.4. The largest absolute Gasteiger partial charge is 0.488 e. The average Bonchev–Trinajstić information content (AvgIpc) is 2.89. The molecule has 2 atom stereocenters. The topological polar surface area (TPSA) is 89.5 Å². The first-order valence-corrected chi connectivity index (χ1v) is 13.5. The first-order valence-electron chi connectivity index (χ1n) is 13.5. The number of esters is 2. The summed E-state index contributed by atoms with van der Waals surface area (Å²) in [5, 5.41) is 3.32. The van der Waals surface area contributed by atoms with E-state index in [1.54, 1.807) is 0 Å². The van der Waals surface area contributed by atoms with Crippen molar-refractivity contribution >= 4 is 33.5 Å². The van der Waals surface area contributed by atoms with Gasteiger partial charge in [0, 0.05) is 35.4 Å². The van der Waals surface area contributed by atoms with Gasteiger partial charge in [0.05, 0.1) is 26.4 Å². The molecule has 8 heteroatoms. The Morgan fingerprint density at radius 3 is 1.54 bits per heavy atom. The molecule has 3 rings (SSSR count). The van der Waals surface area contributed by atoms with Crippen molar-refractivity contribution in [1.29, 1.82) is 0 Å². The van der Waals surface area contributed by atoms with Crippen molar-refractivity contribution in [2.24, 2.45) is 0 Å². The molecule has 0 saturated carbocycles. The molecule has 3 aromatic carbocycles. The Bertz CT molecular complexity index is 1390. The van der Waals surface area contributed by atoms with Crippen molar-refractivity contribution in [2.45, 2.75) is 46.8 Å². The lowest BCUT2D eigenvalue weighted by molar-refractivity contribution is -0.152. The number of hydrogen-bond donors (Lipinski definition) is 0. The van der Waals surface area contributed by atoms with E-state index in [0.717, 1.165) is 38.3 Å². The van der Waals surface area contributed by atoms with Gasteiger partial charge in [-0.1, -0.05) is 66.3 Å². The maximum Gasteiger partial charge on any atom is 0.303 e. The van der Waals surface area contributed by atoms with Crippen molar-refractivity contribution in [3.8, 4) is 11.5 Å². The average molecular weight is 565 g/mol. The maximum absolute atomic E-state index is 11.8. The van der Waals surface area contributed by atoms with Crippen LogP contribution in [-0.4, -0.2) is 63.8 Å². The van der Waals surface area contributed by atoms with E-state index in [-0.39, 0.29) is 26.4 Å². The van der Waals surface area contributed by atoms with E-state index in [1.165, 1.54) is 13.8 Å². The summed E-state index contributed by atoms with van der Waals surface area (Å²) >= 11 is 0. The van der Waals surface area contributed by atoms with Gasteiger partial charge in [-0.25, -0.2) is 0 Å². The Morgan fingerprint density at radius 1 is 0.659 bits per heavy atom. The fourth-order valence-corrected chi connectivity index (χ4v) is 4.31. The van der Waals surface area contributed by atoms with Crippen molar-refractivity contribution < 1.29 is 38.0 Å². The molecule has 0 radical (unpaired) electrons. The van der Waals surface area contributed by atoms with E-state index < -0.39 is 24.1 Å². The smallest absolute Gasteiger partial charge is 0.303 e. The molecule has 0 saturated heterocycles. The number of carbonyl (C=O) groups excluding carboxylic acids is 2. The second-order valence-corrected chi connectivity index (χ2v) is 10.3. The zero-order chi connectivity index (χ0) is 29.9. The fourth-order valence-electron chi connectivity index (χ4n) is 4.31. The molecule has 2 unspecified atom stereocenters. The van der Waals surface area contributed by atoms with Crippen LogP contribution >= 0.6 is 0 Å². The Morgan fingerprint density at radius 2 is 1.10 bits per heavy atom. The summed E-state index contributed by atoms with van der Waals surface area (Å²) in [5.41, 5.74) is 2.78. The molecule has 0 bridgehead atoms. The molecule has 8 nitrogen and oxygen atoms in total. The van der Waals surface area contributed by atoms with E-state index in [9.17, 15) is 9.59 Å². The molecule has 0 N–H and O–H groups in total. The Kier molecular flexibility index (Phi) is 11.7. The van der Waals surface area contributed by atoms with Gasteiger partial charge in [0.25, 0.3) is 0 Å². The molecule has 0 aliphatic heterocycles. The third-order valence-electron chi connectivity index (χ3n) is 5.88. The molecular weight excluding hydrogens is 524 g/mol. The number of hydrogen-bond acceptors (Lipinski definition) is 8. The SMILES string of the molecule is C=C(C)COCC(COc1c2ccccc2c(OCC(COCC(=C)C)OC(C)=O)c2cc(C)ccc12)OC(C)=O. The van der Waals surface area contributed by atoms with Gasteiger partial charge >= 0.3 is 11.9 Å². The quantitative estimate of drug-likeness (QED) is 0.117. The first-order chi connectivity index (χ1) is 19.5. The molecule has 0 aromatic heterocycles. The highest BCUT2D eigenvalue weighted by molar-refractivity contribution is 6.11. The predicted molar refractivity (Wildman–Crippen MR) is 160 cm³/mol. The van der Waals surface area contributed by atoms with Crippen molar-refractivity contribution in [1.82, 2.24) is 0 Å². The Hall–Kier alpha value is -3.88. The van der Waals surface area contributed by atoms with Crippen LogP contribution in [0.4, 0.5) is 0 Å². The van der Waals surface area contributed by atoms with Crippen molar-refractivity contribution in [3.63, 3.8) is 0 Å². The van der Waals surface area contributed by atoms with Crippen LogP contribution < -0.4 is 9.47 Å². The van der Waals surface area contributed by atoms with Gasteiger partial charge in [0.1, 0.15) is 24.7 Å². The molecule has 220 valence electrons. The minimum absolute atomic E-state index is 0.0948. The Labute approximate surface area is 241 Å². The van der Waals surface area contributed by atoms with E-state index in [1.807, 2.05) is 63.2 Å². The highest BCUT2D eigenvalue weighted by atomic mass is 16.6. The number of fused-ring (bicyclic) bond motifs is 2. The molecule has 3 aromatic rings. The summed E-state index contributed by atoms with van der Waals surface area (Å²) < 4.78 is 35.0. The van der Waals surface area contributed by atoms with Crippen LogP contribution in [0.1, 0.15) is 33.3 Å². The summed E-state index contributed by atoms with van der Waals surface area (Å²) in [6, 6.07) is 13.8. The summed E-state index contributed by atoms with van der Waals surface area (Å²) in [5.74, 6) is 0.453. The normalized spacial score (nSPS) is 12.5. The fraction of sp³-hybridized carbons (Fsp3) is 0.394. The van der Waals surface area contributed by atoms with Gasteiger partial charge in [-0.3, -0.25) is 9.59 Å². The van der Waals surface area contributed by atoms with Crippen LogP contribution in [0.5, 0.6) is 11.5 Å². The molecule has 41 heavy (non-hydrogen) atoms. The zero-order valence-corrected chi connectivity index (χ0v) is 24.6. The Balaban J connectivity index is 1.96. The first kappa shape index (κ1) is 31.6. The second-order valence-electron chi connectivity index (χ2n) is 10.3. The molecule has 0 spiro atoms. The lowest BCUT2D eigenvalue weighted by Crippen LogP contribution is -2.29. The molecule has 0 heterocycles. The van der Waals surface area contributed by atoms with E-state index in [4.69, 9.17) is 28.4 Å². The minimum atomic E-state index is -0.606. The molecule has 0 fully saturated rings. The third-order valence-corrected chi connectivity index (χ3v) is 5.88. The van der Waals surface area contributed by atoms with Gasteiger partial charge < -0.3 is 28.4 Å². The van der Waals surface area contributed by atoms with Crippen LogP contribution in [0.3, 0.4) is 0 Å². The number of aryl methyl sites for hydroxylation is 1. The number of ether oxygens (including phenoxy) is 6. The second kappa shape index (κ2) is 15.2. The van der Waals surface area contributed by atoms with Crippen molar-refractivity contribution in [2.75, 3.05) is 39.6 Å². The summed E-state index contributed by atoms with van der Waals surface area (Å²) in [4.78, 5) is 23.5. The highest BCUT2D eigenvalue weighted by Crippen LogP contribution is 2.43. The van der Waals surface area contributed by atoms with Gasteiger partial charge in [-0.2, -0.15) is 0 Å². The molecular formula is C33H40O8. The lowest BCUT2D eigenvalue weighted by Gasteiger charge is -2.23. The van der Waals surface area contributed by atoms with Gasteiger partial charge in [-0.15, -0.1) is 0 Å². The van der Waals surface area contributed by atoms with Crippen LogP contribution in [-0.2, 0) is 28.5 Å². The lowest BCUT2D eigenvalue weighted by atomic mass is 9.99. The van der Waals surface area contributed by atoms with Gasteiger partial charge in [-0.05, 0) is 26.8 Å². The predicted octanol–water partition coefficient (Wildman–Crippen LogP) is 6.11. The van der Waals surface area contributed by atoms with Crippen LogP contribution in [0.15, 0.2) is 66.8 Å². The summed E-state index contributed by atoms with van der Waals surface area (Å²) in [7, 11) is 0. The minimum Gasteiger partial charge on any atom is -0.488 e. The van der Waals surface area contributed by atoms with Gasteiger partial charge in [0.2, 0.25) is 0 Å². The van der Waals surface area contributed by atoms with E-state index >= 15 is 0 Å². The maximum atomic E-state index is 11.8. The molecule has 0 amide bonds. The number of carbonyl (C=O) groups is 2. The highest BCUT2D eigenvalue weighted by Gasteiger charge is 2.21. The van der Waals surface area contributed by atoms with Gasteiger partial charge in [0.15, 0.2) is 12.2 Å². The number of benzene rings is 3. The van der Waals surface area contributed by atoms with E-state index in [2.05, 4.69) is 13.2 Å². The molecule has 0 aliphatic carbocycles. The number of rotatable bonds is 16. The van der Waals surface area contributed by atoms with Crippen LogP contribution in [0, 0.1) is 6.92 Å². The monoisotopic (exact) mass is 564 g/mol. The van der Waals surface area contributed by atoms with Crippen LogP contribution in [0.2, 0.25) is 0 Å². The van der Waals surface area contributed by atoms with Crippen molar-refractivity contribution in [3.05, 3.63) is 72.3 Å². The van der Waals surface area contributed by atoms with Crippen LogP contribution in [0.25, 0.3) is 21.5 Å². The zero-order valence-electron chi connectivity index (χ0n) is 24.6. The third kappa shape index (κ3) is 9.62. The standard InChI is InChI=1S/C33H40O8/c1-21(2)15-36-17-26(40-24(6)34)19-38-32-28-10-8-9-11-29(28)33(31-14-23(5)12-13-30(31)32)39-20-27(41-25(7)35)18-37-16-22(3)4/h8-14,26-27H,1,3,15-20H2,2,4-7H3.